The summed E-state index contributed by atoms with van der Waals surface area (Å²) < 4.78 is 5.36. The number of benzene rings is 1. The molecule has 10 nitrogen and oxygen atoms in total. The number of rotatable bonds is 7. The molecular formula is C18H22N6O4. The second-order valence-electron chi connectivity index (χ2n) is 6.21. The van der Waals surface area contributed by atoms with Gasteiger partial charge in [-0.05, 0) is 13.0 Å². The number of hydrogen-bond acceptors (Lipinski definition) is 8. The minimum absolute atomic E-state index is 0.0417. The van der Waals surface area contributed by atoms with Crippen LogP contribution in [0.3, 0.4) is 0 Å². The van der Waals surface area contributed by atoms with Gasteiger partial charge in [0.25, 0.3) is 11.6 Å². The van der Waals surface area contributed by atoms with E-state index in [1.54, 1.807) is 6.07 Å². The summed E-state index contributed by atoms with van der Waals surface area (Å²) in [5, 5.41) is 16.9. The van der Waals surface area contributed by atoms with Gasteiger partial charge in [-0.1, -0.05) is 12.1 Å². The third-order valence-electron chi connectivity index (χ3n) is 4.22. The van der Waals surface area contributed by atoms with Gasteiger partial charge in [0, 0.05) is 38.3 Å². The second-order valence-corrected chi connectivity index (χ2v) is 6.21. The third-order valence-corrected chi connectivity index (χ3v) is 4.22. The molecule has 0 bridgehead atoms. The van der Waals surface area contributed by atoms with Gasteiger partial charge in [-0.25, -0.2) is 9.97 Å². The first-order valence-corrected chi connectivity index (χ1v) is 8.98. The molecular weight excluding hydrogens is 364 g/mol. The van der Waals surface area contributed by atoms with Gasteiger partial charge < -0.3 is 20.3 Å². The topological polar surface area (TPSA) is 123 Å². The SMILES string of the molecule is Cc1nc(NCCNC(=O)c2ccccc2[N+](=O)[O-])cc(N2CCOCC2)n1. The average Bonchev–Trinajstić information content (AvgIpc) is 2.71. The monoisotopic (exact) mass is 386 g/mol. The number of para-hydroxylation sites is 1. The molecule has 0 radical (unpaired) electrons. The Morgan fingerprint density at radius 3 is 2.75 bits per heavy atom. The molecule has 0 aliphatic carbocycles. The van der Waals surface area contributed by atoms with Crippen LogP contribution < -0.4 is 15.5 Å². The van der Waals surface area contributed by atoms with E-state index in [1.807, 2.05) is 13.0 Å². The predicted octanol–water partition coefficient (Wildman–Crippen LogP) is 1.37. The molecule has 3 rings (SSSR count). The number of nitro groups is 1. The van der Waals surface area contributed by atoms with Gasteiger partial charge in [-0.2, -0.15) is 0 Å². The zero-order chi connectivity index (χ0) is 19.9. The quantitative estimate of drug-likeness (QED) is 0.416. The summed E-state index contributed by atoms with van der Waals surface area (Å²) in [6.07, 6.45) is 0. The number of aryl methyl sites for hydroxylation is 1. The number of nitrogens with zero attached hydrogens (tertiary/aromatic N) is 4. The number of carbonyl (C=O) groups excluding carboxylic acids is 1. The zero-order valence-corrected chi connectivity index (χ0v) is 15.6. The highest BCUT2D eigenvalue weighted by atomic mass is 16.6. The molecule has 0 saturated carbocycles. The molecule has 1 saturated heterocycles. The first-order valence-electron chi connectivity index (χ1n) is 8.98. The summed E-state index contributed by atoms with van der Waals surface area (Å²) in [5.74, 6) is 1.66. The van der Waals surface area contributed by atoms with Crippen LogP contribution in [-0.4, -0.2) is 60.2 Å². The van der Waals surface area contributed by atoms with E-state index in [0.29, 0.717) is 37.9 Å². The highest BCUT2D eigenvalue weighted by molar-refractivity contribution is 5.98. The Morgan fingerprint density at radius 1 is 1.25 bits per heavy atom. The number of hydrogen-bond donors (Lipinski definition) is 2. The van der Waals surface area contributed by atoms with E-state index in [-0.39, 0.29) is 11.3 Å². The number of anilines is 2. The number of amides is 1. The van der Waals surface area contributed by atoms with Crippen molar-refractivity contribution in [1.29, 1.82) is 0 Å². The van der Waals surface area contributed by atoms with Gasteiger partial charge >= 0.3 is 0 Å². The molecule has 0 atom stereocenters. The number of ether oxygens (including phenoxy) is 1. The Balaban J connectivity index is 1.55. The Bertz CT molecular complexity index is 854. The maximum Gasteiger partial charge on any atom is 0.282 e. The van der Waals surface area contributed by atoms with Crippen LogP contribution in [-0.2, 0) is 4.74 Å². The lowest BCUT2D eigenvalue weighted by atomic mass is 10.1. The number of nitro benzene ring substituents is 1. The van der Waals surface area contributed by atoms with Crippen molar-refractivity contribution < 1.29 is 14.5 Å². The van der Waals surface area contributed by atoms with E-state index in [0.717, 1.165) is 18.9 Å². The molecule has 1 aliphatic rings. The summed E-state index contributed by atoms with van der Waals surface area (Å²) in [6, 6.07) is 7.73. The summed E-state index contributed by atoms with van der Waals surface area (Å²) in [7, 11) is 0. The van der Waals surface area contributed by atoms with Crippen molar-refractivity contribution >= 4 is 23.2 Å². The van der Waals surface area contributed by atoms with Crippen LogP contribution in [0.1, 0.15) is 16.2 Å². The standard InChI is InChI=1S/C18H22N6O4/c1-13-21-16(12-17(22-13)23-8-10-28-11-9-23)19-6-7-20-18(25)14-4-2-3-5-15(14)24(26)27/h2-5,12H,6-11H2,1H3,(H,20,25)(H,19,21,22). The number of aromatic nitrogens is 2. The summed E-state index contributed by atoms with van der Waals surface area (Å²) in [5.41, 5.74) is -0.172. The van der Waals surface area contributed by atoms with Gasteiger partial charge in [-0.15, -0.1) is 0 Å². The molecule has 2 aromatic rings. The summed E-state index contributed by atoms with van der Waals surface area (Å²) >= 11 is 0. The van der Waals surface area contributed by atoms with Crippen LogP contribution in [0.2, 0.25) is 0 Å². The Kier molecular flexibility index (Phi) is 6.33. The Morgan fingerprint density at radius 2 is 2.00 bits per heavy atom. The lowest BCUT2D eigenvalue weighted by molar-refractivity contribution is -0.385. The van der Waals surface area contributed by atoms with E-state index in [9.17, 15) is 14.9 Å². The van der Waals surface area contributed by atoms with Gasteiger partial charge in [-0.3, -0.25) is 14.9 Å². The van der Waals surface area contributed by atoms with Crippen molar-refractivity contribution in [3.05, 3.63) is 51.8 Å². The summed E-state index contributed by atoms with van der Waals surface area (Å²) in [6.45, 7) is 5.44. The fraction of sp³-hybridized carbons (Fsp3) is 0.389. The van der Waals surface area contributed by atoms with Crippen LogP contribution in [0.5, 0.6) is 0 Å². The average molecular weight is 386 g/mol. The third kappa shape index (κ3) is 4.92. The minimum atomic E-state index is -0.565. The highest BCUT2D eigenvalue weighted by Crippen LogP contribution is 2.18. The lowest BCUT2D eigenvalue weighted by Crippen LogP contribution is -2.37. The van der Waals surface area contributed by atoms with Crippen molar-refractivity contribution in [2.24, 2.45) is 0 Å². The van der Waals surface area contributed by atoms with Gasteiger partial charge in [0.1, 0.15) is 23.0 Å². The van der Waals surface area contributed by atoms with Gasteiger partial charge in [0.2, 0.25) is 0 Å². The Labute approximate surface area is 162 Å². The van der Waals surface area contributed by atoms with Crippen LogP contribution in [0.15, 0.2) is 30.3 Å². The molecule has 1 fully saturated rings. The zero-order valence-electron chi connectivity index (χ0n) is 15.6. The molecule has 1 aliphatic heterocycles. The summed E-state index contributed by atoms with van der Waals surface area (Å²) in [4.78, 5) is 33.6. The van der Waals surface area contributed by atoms with E-state index in [4.69, 9.17) is 4.74 Å². The van der Waals surface area contributed by atoms with Crippen molar-refractivity contribution in [2.45, 2.75) is 6.92 Å². The molecule has 0 spiro atoms. The van der Waals surface area contributed by atoms with Crippen LogP contribution in [0.4, 0.5) is 17.3 Å². The number of carbonyl (C=O) groups is 1. The number of nitrogens with one attached hydrogen (secondary N) is 2. The van der Waals surface area contributed by atoms with Crippen LogP contribution >= 0.6 is 0 Å². The van der Waals surface area contributed by atoms with Crippen LogP contribution in [0, 0.1) is 17.0 Å². The molecule has 0 unspecified atom stereocenters. The minimum Gasteiger partial charge on any atom is -0.378 e. The lowest BCUT2D eigenvalue weighted by Gasteiger charge is -2.28. The van der Waals surface area contributed by atoms with E-state index in [1.165, 1.54) is 18.2 Å². The number of morpholine rings is 1. The second kappa shape index (κ2) is 9.09. The highest BCUT2D eigenvalue weighted by Gasteiger charge is 2.18. The van der Waals surface area contributed by atoms with Crippen molar-refractivity contribution in [1.82, 2.24) is 15.3 Å². The fourth-order valence-electron chi connectivity index (χ4n) is 2.88. The molecule has 1 aromatic carbocycles. The maximum atomic E-state index is 12.2. The molecule has 2 N–H and O–H groups in total. The molecule has 10 heteroatoms. The van der Waals surface area contributed by atoms with Crippen molar-refractivity contribution in [3.63, 3.8) is 0 Å². The molecule has 1 aromatic heterocycles. The van der Waals surface area contributed by atoms with Crippen LogP contribution in [0.25, 0.3) is 0 Å². The predicted molar refractivity (Wildman–Crippen MR) is 104 cm³/mol. The molecule has 1 amide bonds. The van der Waals surface area contributed by atoms with E-state index < -0.39 is 10.8 Å². The molecule has 2 heterocycles. The van der Waals surface area contributed by atoms with Crippen molar-refractivity contribution in [2.75, 3.05) is 49.6 Å². The fourth-order valence-corrected chi connectivity index (χ4v) is 2.88. The first kappa shape index (κ1) is 19.5. The van der Waals surface area contributed by atoms with Gasteiger partial charge in [0.05, 0.1) is 18.1 Å². The molecule has 28 heavy (non-hydrogen) atoms. The largest absolute Gasteiger partial charge is 0.378 e. The van der Waals surface area contributed by atoms with E-state index in [2.05, 4.69) is 25.5 Å². The van der Waals surface area contributed by atoms with Crippen molar-refractivity contribution in [3.8, 4) is 0 Å². The molecule has 148 valence electrons. The normalized spacial score (nSPS) is 13.8. The van der Waals surface area contributed by atoms with E-state index >= 15 is 0 Å². The smallest absolute Gasteiger partial charge is 0.282 e. The van der Waals surface area contributed by atoms with Gasteiger partial charge in [0.15, 0.2) is 0 Å². The first-order chi connectivity index (χ1) is 13.5. The Hall–Kier alpha value is -3.27. The maximum absolute atomic E-state index is 12.2.